The van der Waals surface area contributed by atoms with Gasteiger partial charge in [-0.3, -0.25) is 14.2 Å². The zero-order valence-electron chi connectivity index (χ0n) is 13.1. The van der Waals surface area contributed by atoms with Crippen molar-refractivity contribution in [3.8, 4) is 6.07 Å². The van der Waals surface area contributed by atoms with Crippen LogP contribution in [-0.2, 0) is 11.3 Å². The Kier molecular flexibility index (Phi) is 4.91. The molecule has 3 rings (SSSR count). The lowest BCUT2D eigenvalue weighted by Gasteiger charge is -2.09. The number of aryl methyl sites for hydroxylation is 1. The number of amides is 1. The molecule has 1 aromatic heterocycles. The molecule has 124 valence electrons. The Bertz CT molecular complexity index is 1050. The summed E-state index contributed by atoms with van der Waals surface area (Å²) in [6.45, 7) is 0.203. The predicted octanol–water partition coefficient (Wildman–Crippen LogP) is 3.06. The molecule has 7 heteroatoms. The summed E-state index contributed by atoms with van der Waals surface area (Å²) in [5.41, 5.74) is 1.27. The van der Waals surface area contributed by atoms with Crippen LogP contribution in [0.4, 0.5) is 5.69 Å². The van der Waals surface area contributed by atoms with E-state index in [0.29, 0.717) is 22.2 Å². The van der Waals surface area contributed by atoms with Crippen molar-refractivity contribution in [1.29, 1.82) is 5.26 Å². The lowest BCUT2D eigenvalue weighted by Crippen LogP contribution is -2.23. The average Bonchev–Trinajstić information content (AvgIpc) is 2.62. The summed E-state index contributed by atoms with van der Waals surface area (Å²) in [5.74, 6) is -0.274. The maximum Gasteiger partial charge on any atom is 0.261 e. The van der Waals surface area contributed by atoms with Gasteiger partial charge in [0.15, 0.2) is 0 Å². The molecule has 0 radical (unpaired) electrons. The van der Waals surface area contributed by atoms with Crippen LogP contribution in [0.25, 0.3) is 10.9 Å². The van der Waals surface area contributed by atoms with Crippen molar-refractivity contribution in [2.24, 2.45) is 0 Å². The summed E-state index contributed by atoms with van der Waals surface area (Å²) < 4.78 is 2.20. The number of carbonyl (C=O) groups excluding carboxylic acids is 1. The van der Waals surface area contributed by atoms with Gasteiger partial charge in [-0.1, -0.05) is 28.1 Å². The van der Waals surface area contributed by atoms with Crippen LogP contribution in [0.3, 0.4) is 0 Å². The SMILES string of the molecule is N#Cc1ccccc1NC(=O)CCn1cnc2ccc(Br)cc2c1=O. The Labute approximate surface area is 151 Å². The molecule has 0 bridgehead atoms. The highest BCUT2D eigenvalue weighted by atomic mass is 79.9. The summed E-state index contributed by atoms with van der Waals surface area (Å²) in [4.78, 5) is 28.8. The molecule has 0 aliphatic rings. The summed E-state index contributed by atoms with van der Waals surface area (Å²) in [7, 11) is 0. The molecule has 6 nitrogen and oxygen atoms in total. The van der Waals surface area contributed by atoms with Crippen molar-refractivity contribution in [2.75, 3.05) is 5.32 Å². The standard InChI is InChI=1S/C18H13BrN4O2/c19-13-5-6-16-14(9-13)18(25)23(11-21-16)8-7-17(24)22-15-4-2-1-3-12(15)10-20/h1-6,9,11H,7-8H2,(H,22,24). The zero-order chi connectivity index (χ0) is 17.8. The van der Waals surface area contributed by atoms with Gasteiger partial charge in [0.25, 0.3) is 5.56 Å². The van der Waals surface area contributed by atoms with Gasteiger partial charge in [0.2, 0.25) is 5.91 Å². The second-order valence-corrected chi connectivity index (χ2v) is 6.28. The molecule has 0 saturated heterocycles. The average molecular weight is 397 g/mol. The van der Waals surface area contributed by atoms with Crippen LogP contribution in [0.15, 0.2) is 58.1 Å². The third-order valence-corrected chi connectivity index (χ3v) is 4.18. The lowest BCUT2D eigenvalue weighted by molar-refractivity contribution is -0.116. The second kappa shape index (κ2) is 7.28. The van der Waals surface area contributed by atoms with Crippen LogP contribution < -0.4 is 10.9 Å². The van der Waals surface area contributed by atoms with Crippen LogP contribution in [0, 0.1) is 11.3 Å². The molecular formula is C18H13BrN4O2. The minimum atomic E-state index is -0.274. The van der Waals surface area contributed by atoms with E-state index in [1.165, 1.54) is 10.9 Å². The number of nitrogens with one attached hydrogen (secondary N) is 1. The number of fused-ring (bicyclic) bond motifs is 1. The molecule has 1 amide bonds. The highest BCUT2D eigenvalue weighted by Crippen LogP contribution is 2.15. The van der Waals surface area contributed by atoms with Gasteiger partial charge in [0.1, 0.15) is 6.07 Å². The smallest absolute Gasteiger partial charge is 0.261 e. The van der Waals surface area contributed by atoms with Gasteiger partial charge >= 0.3 is 0 Å². The van der Waals surface area contributed by atoms with E-state index in [1.54, 1.807) is 36.4 Å². The Balaban J connectivity index is 1.74. The molecule has 0 saturated carbocycles. The third kappa shape index (κ3) is 3.75. The number of anilines is 1. The van der Waals surface area contributed by atoms with E-state index in [4.69, 9.17) is 5.26 Å². The highest BCUT2D eigenvalue weighted by molar-refractivity contribution is 9.10. The number of para-hydroxylation sites is 1. The molecule has 1 N–H and O–H groups in total. The minimum Gasteiger partial charge on any atom is -0.325 e. The van der Waals surface area contributed by atoms with Gasteiger partial charge in [-0.05, 0) is 30.3 Å². The maximum atomic E-state index is 12.5. The number of nitriles is 1. The molecule has 0 spiro atoms. The predicted molar refractivity (Wildman–Crippen MR) is 98.1 cm³/mol. The number of halogens is 1. The topological polar surface area (TPSA) is 87.8 Å². The lowest BCUT2D eigenvalue weighted by atomic mass is 10.2. The molecule has 0 fully saturated rings. The van der Waals surface area contributed by atoms with E-state index >= 15 is 0 Å². The largest absolute Gasteiger partial charge is 0.325 e. The third-order valence-electron chi connectivity index (χ3n) is 3.69. The van der Waals surface area contributed by atoms with Crippen LogP contribution in [0.1, 0.15) is 12.0 Å². The summed E-state index contributed by atoms with van der Waals surface area (Å²) >= 11 is 3.34. The van der Waals surface area contributed by atoms with E-state index in [9.17, 15) is 9.59 Å². The van der Waals surface area contributed by atoms with Gasteiger partial charge < -0.3 is 5.32 Å². The van der Waals surface area contributed by atoms with E-state index < -0.39 is 0 Å². The zero-order valence-corrected chi connectivity index (χ0v) is 14.7. The molecule has 25 heavy (non-hydrogen) atoms. The Hall–Kier alpha value is -2.98. The molecule has 0 aliphatic heterocycles. The fourth-order valence-electron chi connectivity index (χ4n) is 2.41. The van der Waals surface area contributed by atoms with Crippen molar-refractivity contribution in [3.05, 3.63) is 69.2 Å². The number of carbonyl (C=O) groups is 1. The first-order valence-corrected chi connectivity index (χ1v) is 8.31. The first-order valence-electron chi connectivity index (χ1n) is 7.52. The van der Waals surface area contributed by atoms with E-state index in [1.807, 2.05) is 12.1 Å². The number of benzene rings is 2. The normalized spacial score (nSPS) is 10.4. The van der Waals surface area contributed by atoms with E-state index in [-0.39, 0.29) is 24.4 Å². The van der Waals surface area contributed by atoms with Gasteiger partial charge in [-0.2, -0.15) is 5.26 Å². The first kappa shape index (κ1) is 16.9. The van der Waals surface area contributed by atoms with Crippen LogP contribution in [0.5, 0.6) is 0 Å². The van der Waals surface area contributed by atoms with Crippen molar-refractivity contribution in [2.45, 2.75) is 13.0 Å². The fourth-order valence-corrected chi connectivity index (χ4v) is 2.78. The van der Waals surface area contributed by atoms with Crippen molar-refractivity contribution in [1.82, 2.24) is 9.55 Å². The second-order valence-electron chi connectivity index (χ2n) is 5.36. The molecule has 0 unspecified atom stereocenters. The van der Waals surface area contributed by atoms with E-state index in [0.717, 1.165) is 4.47 Å². The number of rotatable bonds is 4. The molecule has 0 atom stereocenters. The van der Waals surface area contributed by atoms with Crippen molar-refractivity contribution in [3.63, 3.8) is 0 Å². The van der Waals surface area contributed by atoms with Crippen LogP contribution >= 0.6 is 15.9 Å². The monoisotopic (exact) mass is 396 g/mol. The summed E-state index contributed by atoms with van der Waals surface area (Å²) in [6.07, 6.45) is 1.54. The summed E-state index contributed by atoms with van der Waals surface area (Å²) in [6, 6.07) is 14.1. The van der Waals surface area contributed by atoms with Crippen LogP contribution in [0.2, 0.25) is 0 Å². The summed E-state index contributed by atoms with van der Waals surface area (Å²) in [5, 5.41) is 12.2. The number of nitrogens with zero attached hydrogens (tertiary/aromatic N) is 3. The van der Waals surface area contributed by atoms with Gasteiger partial charge in [0.05, 0.1) is 28.5 Å². The Morgan fingerprint density at radius 1 is 1.28 bits per heavy atom. The number of hydrogen-bond donors (Lipinski definition) is 1. The Morgan fingerprint density at radius 2 is 2.08 bits per heavy atom. The molecule has 3 aromatic rings. The molecule has 0 aliphatic carbocycles. The quantitative estimate of drug-likeness (QED) is 0.733. The number of aromatic nitrogens is 2. The maximum absolute atomic E-state index is 12.5. The molecule has 1 heterocycles. The minimum absolute atomic E-state index is 0.0981. The van der Waals surface area contributed by atoms with Gasteiger partial charge in [0, 0.05) is 17.4 Å². The van der Waals surface area contributed by atoms with Crippen LogP contribution in [-0.4, -0.2) is 15.5 Å². The fraction of sp³-hybridized carbons (Fsp3) is 0.111. The Morgan fingerprint density at radius 3 is 2.88 bits per heavy atom. The highest BCUT2D eigenvalue weighted by Gasteiger charge is 2.09. The first-order chi connectivity index (χ1) is 12.1. The molecule has 2 aromatic carbocycles. The van der Waals surface area contributed by atoms with Crippen molar-refractivity contribution >= 4 is 38.4 Å². The van der Waals surface area contributed by atoms with Gasteiger partial charge in [-0.25, -0.2) is 4.98 Å². The number of hydrogen-bond acceptors (Lipinski definition) is 4. The van der Waals surface area contributed by atoms with E-state index in [2.05, 4.69) is 26.2 Å². The molecular weight excluding hydrogens is 384 g/mol. The van der Waals surface area contributed by atoms with Gasteiger partial charge in [-0.15, -0.1) is 0 Å². The van der Waals surface area contributed by atoms with Crippen molar-refractivity contribution < 1.29 is 4.79 Å².